The third-order valence-corrected chi connectivity index (χ3v) is 5.82. The van der Waals surface area contributed by atoms with E-state index in [0.29, 0.717) is 19.5 Å². The highest BCUT2D eigenvalue weighted by Crippen LogP contribution is 2.20. The quantitative estimate of drug-likeness (QED) is 0.784. The van der Waals surface area contributed by atoms with E-state index < -0.39 is 38.9 Å². The van der Waals surface area contributed by atoms with Gasteiger partial charge in [-0.3, -0.25) is 9.69 Å². The summed E-state index contributed by atoms with van der Waals surface area (Å²) in [4.78, 5) is 13.8. The number of sulfone groups is 1. The van der Waals surface area contributed by atoms with E-state index in [9.17, 15) is 26.4 Å². The highest BCUT2D eigenvalue weighted by molar-refractivity contribution is 7.91. The Balaban J connectivity index is 1.92. The normalized spacial score (nSPS) is 19.6. The maximum atomic E-state index is 13.5. The number of carbonyl (C=O) groups excluding carboxylic acids is 1. The number of nitrogens with one attached hydrogen (secondary N) is 1. The summed E-state index contributed by atoms with van der Waals surface area (Å²) in [5, 5.41) is 2.20. The van der Waals surface area contributed by atoms with Crippen LogP contribution in [0.4, 0.5) is 18.9 Å². The van der Waals surface area contributed by atoms with Gasteiger partial charge in [0.1, 0.15) is 0 Å². The number of carbonyl (C=O) groups is 1. The van der Waals surface area contributed by atoms with Gasteiger partial charge < -0.3 is 5.32 Å². The highest BCUT2D eigenvalue weighted by atomic mass is 32.2. The van der Waals surface area contributed by atoms with Crippen molar-refractivity contribution in [2.45, 2.75) is 25.8 Å². The Kier molecular flexibility index (Phi) is 5.87. The second-order valence-corrected chi connectivity index (χ2v) is 7.94. The van der Waals surface area contributed by atoms with Gasteiger partial charge in [0, 0.05) is 19.0 Å². The second-order valence-electron chi connectivity index (χ2n) is 5.71. The Bertz CT molecular complexity index is 725. The van der Waals surface area contributed by atoms with Gasteiger partial charge in [0.15, 0.2) is 27.3 Å². The van der Waals surface area contributed by atoms with Crippen LogP contribution in [0.1, 0.15) is 19.8 Å². The number of benzene rings is 1. The molecule has 1 aromatic rings. The Morgan fingerprint density at radius 1 is 1.29 bits per heavy atom. The van der Waals surface area contributed by atoms with Crippen LogP contribution < -0.4 is 5.32 Å². The third kappa shape index (κ3) is 4.47. The summed E-state index contributed by atoms with van der Waals surface area (Å²) in [5.74, 6) is -4.76. The van der Waals surface area contributed by atoms with Crippen LogP contribution in [-0.4, -0.2) is 49.9 Å². The molecule has 0 radical (unpaired) electrons. The van der Waals surface area contributed by atoms with Crippen molar-refractivity contribution in [3.05, 3.63) is 29.6 Å². The molecule has 0 bridgehead atoms. The summed E-state index contributed by atoms with van der Waals surface area (Å²) >= 11 is 0. The molecule has 1 unspecified atom stereocenters. The molecular formula is C15H19F3N2O3S. The lowest BCUT2D eigenvalue weighted by atomic mass is 10.2. The summed E-state index contributed by atoms with van der Waals surface area (Å²) in [6, 6.07) is 1.55. The fourth-order valence-electron chi connectivity index (χ4n) is 2.74. The standard InChI is InChI=1S/C15H19F3N2O3S/c1-2-20(10-6-8-24(22,23)9-10)7-5-13(21)19-12-4-3-11(16)14(17)15(12)18/h3-4,10H,2,5-9H2,1H3,(H,19,21). The molecule has 1 heterocycles. The van der Waals surface area contributed by atoms with Gasteiger partial charge in [-0.1, -0.05) is 6.92 Å². The van der Waals surface area contributed by atoms with E-state index in [1.807, 2.05) is 11.8 Å². The van der Waals surface area contributed by atoms with E-state index in [2.05, 4.69) is 5.32 Å². The zero-order chi connectivity index (χ0) is 17.9. The number of anilines is 1. The van der Waals surface area contributed by atoms with E-state index in [1.165, 1.54) is 0 Å². The first kappa shape index (κ1) is 18.7. The Labute approximate surface area is 138 Å². The molecule has 134 valence electrons. The lowest BCUT2D eigenvalue weighted by molar-refractivity contribution is -0.116. The Morgan fingerprint density at radius 3 is 2.58 bits per heavy atom. The lowest BCUT2D eigenvalue weighted by Crippen LogP contribution is -2.38. The molecule has 1 amide bonds. The number of rotatable bonds is 6. The molecule has 1 saturated heterocycles. The molecule has 1 aromatic carbocycles. The van der Waals surface area contributed by atoms with Crippen LogP contribution in [0.5, 0.6) is 0 Å². The highest BCUT2D eigenvalue weighted by Gasteiger charge is 2.31. The van der Waals surface area contributed by atoms with Crippen LogP contribution >= 0.6 is 0 Å². The first-order valence-electron chi connectivity index (χ1n) is 7.61. The van der Waals surface area contributed by atoms with Gasteiger partial charge in [0.25, 0.3) is 0 Å². The zero-order valence-electron chi connectivity index (χ0n) is 13.2. The van der Waals surface area contributed by atoms with Crippen molar-refractivity contribution in [2.24, 2.45) is 0 Å². The topological polar surface area (TPSA) is 66.5 Å². The Morgan fingerprint density at radius 2 is 2.00 bits per heavy atom. The first-order valence-corrected chi connectivity index (χ1v) is 9.43. The van der Waals surface area contributed by atoms with Gasteiger partial charge >= 0.3 is 0 Å². The van der Waals surface area contributed by atoms with Gasteiger partial charge in [-0.05, 0) is 25.1 Å². The summed E-state index contributed by atoms with van der Waals surface area (Å²) in [6.45, 7) is 2.73. The van der Waals surface area contributed by atoms with Gasteiger partial charge in [-0.25, -0.2) is 21.6 Å². The van der Waals surface area contributed by atoms with Crippen molar-refractivity contribution < 1.29 is 26.4 Å². The van der Waals surface area contributed by atoms with E-state index in [1.54, 1.807) is 0 Å². The average molecular weight is 364 g/mol. The molecule has 1 aliphatic rings. The molecule has 0 aromatic heterocycles. The van der Waals surface area contributed by atoms with E-state index in [0.717, 1.165) is 12.1 Å². The lowest BCUT2D eigenvalue weighted by Gasteiger charge is -2.26. The molecule has 1 atom stereocenters. The van der Waals surface area contributed by atoms with Gasteiger partial charge in [0.05, 0.1) is 17.2 Å². The summed E-state index contributed by atoms with van der Waals surface area (Å²) in [7, 11) is -3.02. The minimum atomic E-state index is -3.02. The van der Waals surface area contributed by atoms with Crippen LogP contribution in [0.25, 0.3) is 0 Å². The molecular weight excluding hydrogens is 345 g/mol. The van der Waals surface area contributed by atoms with Crippen molar-refractivity contribution in [1.82, 2.24) is 4.90 Å². The number of hydrogen-bond donors (Lipinski definition) is 1. The van der Waals surface area contributed by atoms with Crippen molar-refractivity contribution >= 4 is 21.4 Å². The zero-order valence-corrected chi connectivity index (χ0v) is 14.0. The largest absolute Gasteiger partial charge is 0.323 e. The minimum Gasteiger partial charge on any atom is -0.323 e. The molecule has 5 nitrogen and oxygen atoms in total. The molecule has 1 fully saturated rings. The number of amides is 1. The molecule has 0 saturated carbocycles. The number of halogens is 3. The van der Waals surface area contributed by atoms with Crippen LogP contribution in [0.15, 0.2) is 12.1 Å². The monoisotopic (exact) mass is 364 g/mol. The smallest absolute Gasteiger partial charge is 0.225 e. The molecule has 1 aliphatic heterocycles. The summed E-state index contributed by atoms with van der Waals surface area (Å²) in [5.41, 5.74) is -0.426. The van der Waals surface area contributed by atoms with Crippen molar-refractivity contribution in [1.29, 1.82) is 0 Å². The SMILES string of the molecule is CCN(CCC(=O)Nc1ccc(F)c(F)c1F)C1CCS(=O)(=O)C1. The molecule has 0 aliphatic carbocycles. The third-order valence-electron chi connectivity index (χ3n) is 4.07. The van der Waals surface area contributed by atoms with Crippen LogP contribution in [0.3, 0.4) is 0 Å². The van der Waals surface area contributed by atoms with Crippen LogP contribution in [0.2, 0.25) is 0 Å². The van der Waals surface area contributed by atoms with E-state index in [4.69, 9.17) is 0 Å². The summed E-state index contributed by atoms with van der Waals surface area (Å²) < 4.78 is 62.5. The van der Waals surface area contributed by atoms with Crippen molar-refractivity contribution in [2.75, 3.05) is 29.9 Å². The molecule has 2 rings (SSSR count). The van der Waals surface area contributed by atoms with Crippen LogP contribution in [-0.2, 0) is 14.6 Å². The number of nitrogens with zero attached hydrogens (tertiary/aromatic N) is 1. The fraction of sp³-hybridized carbons (Fsp3) is 0.533. The first-order chi connectivity index (χ1) is 11.2. The number of hydrogen-bond acceptors (Lipinski definition) is 4. The van der Waals surface area contributed by atoms with Crippen molar-refractivity contribution in [3.63, 3.8) is 0 Å². The van der Waals surface area contributed by atoms with Gasteiger partial charge in [-0.15, -0.1) is 0 Å². The maximum Gasteiger partial charge on any atom is 0.225 e. The molecule has 24 heavy (non-hydrogen) atoms. The van der Waals surface area contributed by atoms with Crippen molar-refractivity contribution in [3.8, 4) is 0 Å². The molecule has 0 spiro atoms. The Hall–Kier alpha value is -1.61. The van der Waals surface area contributed by atoms with E-state index >= 15 is 0 Å². The average Bonchev–Trinajstić information content (AvgIpc) is 2.88. The summed E-state index contributed by atoms with van der Waals surface area (Å²) in [6.07, 6.45) is 0.512. The molecule has 1 N–H and O–H groups in total. The fourth-order valence-corrected chi connectivity index (χ4v) is 4.50. The second kappa shape index (κ2) is 7.52. The predicted octanol–water partition coefficient (Wildman–Crippen LogP) is 1.94. The maximum absolute atomic E-state index is 13.5. The predicted molar refractivity (Wildman–Crippen MR) is 83.9 cm³/mol. The van der Waals surface area contributed by atoms with E-state index in [-0.39, 0.29) is 24.0 Å². The van der Waals surface area contributed by atoms with Gasteiger partial charge in [0.2, 0.25) is 5.91 Å². The van der Waals surface area contributed by atoms with Crippen LogP contribution in [0, 0.1) is 17.5 Å². The van der Waals surface area contributed by atoms with Gasteiger partial charge in [-0.2, -0.15) is 0 Å². The minimum absolute atomic E-state index is 0.0111. The molecule has 9 heteroatoms.